The van der Waals surface area contributed by atoms with E-state index in [1.54, 1.807) is 21.0 Å². The van der Waals surface area contributed by atoms with Crippen molar-refractivity contribution in [2.45, 2.75) is 26.8 Å². The third-order valence-corrected chi connectivity index (χ3v) is 6.10. The molecule has 0 fully saturated rings. The number of thiocarbonyl (C=S) groups is 1. The second-order valence-corrected chi connectivity index (χ2v) is 7.34. The molecule has 1 heterocycles. The Morgan fingerprint density at radius 3 is 2.54 bits per heavy atom. The third-order valence-electron chi connectivity index (χ3n) is 3.74. The molecular weight excluding hydrogens is 488 g/mol. The normalized spacial score (nSPS) is 16.7. The van der Waals surface area contributed by atoms with E-state index in [-0.39, 0.29) is 6.61 Å². The zero-order valence-corrected chi connectivity index (χ0v) is 18.9. The second kappa shape index (κ2) is 9.05. The standard InChI is InChI=1S/C17H20Br2N2O4S/c1-5-24-15-10(23-4)7-9(12(18)13(15)19)14-11(16(22)25-6-2)8(3)20-17(26)21-14/h7,14H,5-6H2,1-4H3,(H2,20,21,26). The molecule has 1 aliphatic heterocycles. The van der Waals surface area contributed by atoms with Crippen molar-refractivity contribution in [3.63, 3.8) is 0 Å². The Kier molecular flexibility index (Phi) is 7.31. The van der Waals surface area contributed by atoms with Crippen LogP contribution in [0, 0.1) is 0 Å². The highest BCUT2D eigenvalue weighted by Crippen LogP contribution is 2.46. The Morgan fingerprint density at radius 2 is 1.96 bits per heavy atom. The molecule has 0 bridgehead atoms. The van der Waals surface area contributed by atoms with Gasteiger partial charge in [-0.2, -0.15) is 0 Å². The van der Waals surface area contributed by atoms with E-state index in [1.807, 2.05) is 13.0 Å². The number of halogens is 2. The molecule has 0 saturated heterocycles. The van der Waals surface area contributed by atoms with Gasteiger partial charge in [-0.1, -0.05) is 0 Å². The van der Waals surface area contributed by atoms with Gasteiger partial charge >= 0.3 is 5.97 Å². The van der Waals surface area contributed by atoms with Crippen molar-refractivity contribution >= 4 is 55.2 Å². The van der Waals surface area contributed by atoms with E-state index in [4.69, 9.17) is 26.4 Å². The quantitative estimate of drug-likeness (QED) is 0.446. The topological polar surface area (TPSA) is 68.8 Å². The first kappa shape index (κ1) is 21.0. The minimum Gasteiger partial charge on any atom is -0.493 e. The van der Waals surface area contributed by atoms with Gasteiger partial charge in [-0.15, -0.1) is 0 Å². The molecule has 0 aromatic heterocycles. The lowest BCUT2D eigenvalue weighted by molar-refractivity contribution is -0.139. The van der Waals surface area contributed by atoms with Gasteiger partial charge in [0.15, 0.2) is 16.6 Å². The molecule has 1 unspecified atom stereocenters. The van der Waals surface area contributed by atoms with Crippen molar-refractivity contribution in [3.8, 4) is 11.5 Å². The van der Waals surface area contributed by atoms with Crippen molar-refractivity contribution in [1.82, 2.24) is 10.6 Å². The fourth-order valence-electron chi connectivity index (χ4n) is 2.65. The van der Waals surface area contributed by atoms with Crippen LogP contribution in [-0.2, 0) is 9.53 Å². The number of ether oxygens (including phenoxy) is 3. The predicted molar refractivity (Wildman–Crippen MR) is 111 cm³/mol. The maximum atomic E-state index is 12.5. The highest BCUT2D eigenvalue weighted by Gasteiger charge is 2.33. The third kappa shape index (κ3) is 4.15. The highest BCUT2D eigenvalue weighted by atomic mass is 79.9. The van der Waals surface area contributed by atoms with Crippen molar-refractivity contribution in [3.05, 3.63) is 31.8 Å². The Labute approximate surface area is 174 Å². The molecule has 0 aliphatic carbocycles. The van der Waals surface area contributed by atoms with Crippen LogP contribution in [0.5, 0.6) is 11.5 Å². The largest absolute Gasteiger partial charge is 0.493 e. The first-order chi connectivity index (χ1) is 12.3. The lowest BCUT2D eigenvalue weighted by Crippen LogP contribution is -2.45. The molecule has 0 saturated carbocycles. The number of nitrogens with one attached hydrogen (secondary N) is 2. The van der Waals surface area contributed by atoms with Crippen molar-refractivity contribution in [2.24, 2.45) is 0 Å². The van der Waals surface area contributed by atoms with E-state index in [0.717, 1.165) is 10.0 Å². The molecule has 2 N–H and O–H groups in total. The van der Waals surface area contributed by atoms with E-state index in [0.29, 0.717) is 39.0 Å². The SMILES string of the molecule is CCOC(=O)C1=C(C)NC(=S)NC1c1cc(OC)c(OCC)c(Br)c1Br. The number of esters is 1. The molecule has 26 heavy (non-hydrogen) atoms. The number of benzene rings is 1. The number of allylic oxidation sites excluding steroid dienone is 1. The van der Waals surface area contributed by atoms with Gasteiger partial charge in [-0.3, -0.25) is 0 Å². The number of rotatable bonds is 6. The lowest BCUT2D eigenvalue weighted by Gasteiger charge is -2.31. The molecular formula is C17H20Br2N2O4S. The van der Waals surface area contributed by atoms with Crippen LogP contribution in [0.2, 0.25) is 0 Å². The molecule has 0 radical (unpaired) electrons. The van der Waals surface area contributed by atoms with Crippen LogP contribution in [-0.4, -0.2) is 31.4 Å². The van der Waals surface area contributed by atoms with Crippen LogP contribution in [0.25, 0.3) is 0 Å². The van der Waals surface area contributed by atoms with Crippen LogP contribution >= 0.6 is 44.1 Å². The lowest BCUT2D eigenvalue weighted by atomic mass is 9.95. The smallest absolute Gasteiger partial charge is 0.338 e. The molecule has 2 rings (SSSR count). The van der Waals surface area contributed by atoms with E-state index in [2.05, 4.69) is 42.5 Å². The van der Waals surface area contributed by atoms with Gasteiger partial charge in [0.25, 0.3) is 0 Å². The predicted octanol–water partition coefficient (Wildman–Crippen LogP) is 3.97. The maximum Gasteiger partial charge on any atom is 0.338 e. The summed E-state index contributed by atoms with van der Waals surface area (Å²) < 4.78 is 17.8. The number of carbonyl (C=O) groups is 1. The van der Waals surface area contributed by atoms with Crippen LogP contribution in [0.15, 0.2) is 26.3 Å². The summed E-state index contributed by atoms with van der Waals surface area (Å²) >= 11 is 12.4. The first-order valence-electron chi connectivity index (χ1n) is 7.99. The van der Waals surface area contributed by atoms with Gasteiger partial charge < -0.3 is 24.8 Å². The minimum absolute atomic E-state index is 0.282. The van der Waals surface area contributed by atoms with Crippen LogP contribution in [0.3, 0.4) is 0 Å². The average Bonchev–Trinajstić information content (AvgIpc) is 2.58. The molecule has 1 aromatic carbocycles. The molecule has 1 aliphatic rings. The molecule has 142 valence electrons. The Morgan fingerprint density at radius 1 is 1.27 bits per heavy atom. The summed E-state index contributed by atoms with van der Waals surface area (Å²) in [5, 5.41) is 6.54. The molecule has 6 nitrogen and oxygen atoms in total. The summed E-state index contributed by atoms with van der Waals surface area (Å²) in [6.45, 7) is 6.23. The molecule has 1 atom stereocenters. The zero-order chi connectivity index (χ0) is 19.4. The van der Waals surface area contributed by atoms with Crippen LogP contribution < -0.4 is 20.1 Å². The summed E-state index contributed by atoms with van der Waals surface area (Å²) in [6, 6.07) is 1.32. The molecule has 0 amide bonds. The van der Waals surface area contributed by atoms with Crippen LogP contribution in [0.1, 0.15) is 32.4 Å². The summed E-state index contributed by atoms with van der Waals surface area (Å²) in [5.74, 6) is 0.720. The molecule has 1 aromatic rings. The summed E-state index contributed by atoms with van der Waals surface area (Å²) in [4.78, 5) is 12.5. The van der Waals surface area contributed by atoms with E-state index < -0.39 is 12.0 Å². The maximum absolute atomic E-state index is 12.5. The Balaban J connectivity index is 2.63. The monoisotopic (exact) mass is 506 g/mol. The summed E-state index contributed by atoms with van der Waals surface area (Å²) in [7, 11) is 1.57. The van der Waals surface area contributed by atoms with Gasteiger partial charge in [-0.25, -0.2) is 4.79 Å². The highest BCUT2D eigenvalue weighted by molar-refractivity contribution is 9.13. The van der Waals surface area contributed by atoms with E-state index in [9.17, 15) is 4.79 Å². The summed E-state index contributed by atoms with van der Waals surface area (Å²) in [6.07, 6.45) is 0. The minimum atomic E-state index is -0.502. The van der Waals surface area contributed by atoms with E-state index in [1.165, 1.54) is 0 Å². The van der Waals surface area contributed by atoms with Crippen LogP contribution in [0.4, 0.5) is 0 Å². The zero-order valence-electron chi connectivity index (χ0n) is 14.9. The molecule has 9 heteroatoms. The first-order valence-corrected chi connectivity index (χ1v) is 9.99. The Bertz CT molecular complexity index is 768. The Hall–Kier alpha value is -1.32. The van der Waals surface area contributed by atoms with Crippen molar-refractivity contribution in [2.75, 3.05) is 20.3 Å². The van der Waals surface area contributed by atoms with Crippen molar-refractivity contribution in [1.29, 1.82) is 0 Å². The molecule has 0 spiro atoms. The van der Waals surface area contributed by atoms with Gasteiger partial charge in [0.2, 0.25) is 0 Å². The number of hydrogen-bond acceptors (Lipinski definition) is 5. The fourth-order valence-corrected chi connectivity index (χ4v) is 3.98. The van der Waals surface area contributed by atoms with Crippen molar-refractivity contribution < 1.29 is 19.0 Å². The fraction of sp³-hybridized carbons (Fsp3) is 0.412. The van der Waals surface area contributed by atoms with E-state index >= 15 is 0 Å². The summed E-state index contributed by atoms with van der Waals surface area (Å²) in [5.41, 5.74) is 1.87. The number of methoxy groups -OCH3 is 1. The number of hydrogen-bond donors (Lipinski definition) is 2. The number of carbonyl (C=O) groups excluding carboxylic acids is 1. The van der Waals surface area contributed by atoms with Gasteiger partial charge in [0, 0.05) is 10.2 Å². The van der Waals surface area contributed by atoms with Gasteiger partial charge in [-0.05, 0) is 76.5 Å². The second-order valence-electron chi connectivity index (χ2n) is 5.35. The van der Waals surface area contributed by atoms with Gasteiger partial charge in [0.05, 0.1) is 36.4 Å². The average molecular weight is 508 g/mol. The van der Waals surface area contributed by atoms with Gasteiger partial charge in [0.1, 0.15) is 0 Å².